The molecule has 0 aromatic heterocycles. The van der Waals surface area contributed by atoms with E-state index in [9.17, 15) is 9.59 Å². The number of aliphatic hydroxyl groups is 1. The molecule has 0 aliphatic rings. The number of carbonyl (C=O) groups is 2. The fraction of sp³-hybridized carbons (Fsp3) is 0.429. The van der Waals surface area contributed by atoms with Crippen LogP contribution in [0.15, 0.2) is 24.3 Å². The number of nitrogens with zero attached hydrogens (tertiary/aromatic N) is 1. The van der Waals surface area contributed by atoms with Crippen LogP contribution in [0.3, 0.4) is 0 Å². The van der Waals surface area contributed by atoms with Crippen molar-refractivity contribution in [3.63, 3.8) is 0 Å². The number of hydrogen-bond donors (Lipinski definition) is 3. The van der Waals surface area contributed by atoms with E-state index < -0.39 is 12.6 Å². The lowest BCUT2D eigenvalue weighted by Gasteiger charge is -2.26. The minimum absolute atomic E-state index is 0.0794. The standard InChI is InChI=1S/C14H20N2O5/c1-10(2)16(7-8-17)14(20)15-11-5-3-4-6-12(11)21-9-13(18)19/h3-6,10,17H,7-9H2,1-2H3,(H,15,20)(H,18,19). The topological polar surface area (TPSA) is 99.1 Å². The second-order valence-corrected chi connectivity index (χ2v) is 4.62. The molecular formula is C14H20N2O5. The highest BCUT2D eigenvalue weighted by atomic mass is 16.5. The number of carboxylic acids is 1. The van der Waals surface area contributed by atoms with Crippen LogP contribution in [0.4, 0.5) is 10.5 Å². The van der Waals surface area contributed by atoms with Crippen LogP contribution >= 0.6 is 0 Å². The lowest BCUT2D eigenvalue weighted by atomic mass is 10.3. The van der Waals surface area contributed by atoms with Crippen molar-refractivity contribution in [2.45, 2.75) is 19.9 Å². The van der Waals surface area contributed by atoms with E-state index in [1.165, 1.54) is 4.90 Å². The maximum atomic E-state index is 12.2. The van der Waals surface area contributed by atoms with Gasteiger partial charge in [0.05, 0.1) is 12.3 Å². The molecule has 0 unspecified atom stereocenters. The van der Waals surface area contributed by atoms with E-state index in [-0.39, 0.29) is 31.0 Å². The highest BCUT2D eigenvalue weighted by Gasteiger charge is 2.17. The zero-order chi connectivity index (χ0) is 15.8. The largest absolute Gasteiger partial charge is 0.480 e. The molecule has 0 bridgehead atoms. The van der Waals surface area contributed by atoms with Crippen LogP contribution in [-0.4, -0.2) is 52.9 Å². The van der Waals surface area contributed by atoms with Gasteiger partial charge in [-0.1, -0.05) is 12.1 Å². The van der Waals surface area contributed by atoms with Crippen LogP contribution in [0.25, 0.3) is 0 Å². The Labute approximate surface area is 123 Å². The first kappa shape index (κ1) is 16.8. The normalized spacial score (nSPS) is 10.3. The SMILES string of the molecule is CC(C)N(CCO)C(=O)Nc1ccccc1OCC(=O)O. The van der Waals surface area contributed by atoms with Crippen LogP contribution in [0, 0.1) is 0 Å². The molecule has 0 saturated carbocycles. The van der Waals surface area contributed by atoms with Gasteiger partial charge in [-0.05, 0) is 26.0 Å². The molecule has 7 nitrogen and oxygen atoms in total. The molecule has 0 spiro atoms. The molecule has 0 saturated heterocycles. The number of nitrogens with one attached hydrogen (secondary N) is 1. The number of carboxylic acid groups (broad SMARTS) is 1. The summed E-state index contributed by atoms with van der Waals surface area (Å²) in [7, 11) is 0. The first-order chi connectivity index (χ1) is 9.95. The maximum Gasteiger partial charge on any atom is 0.341 e. The summed E-state index contributed by atoms with van der Waals surface area (Å²) in [6, 6.07) is 6.11. The monoisotopic (exact) mass is 296 g/mol. The Morgan fingerprint density at radius 1 is 1.33 bits per heavy atom. The Hall–Kier alpha value is -2.28. The van der Waals surface area contributed by atoms with Gasteiger partial charge in [-0.2, -0.15) is 0 Å². The van der Waals surface area contributed by atoms with Crippen LogP contribution < -0.4 is 10.1 Å². The molecule has 116 valence electrons. The van der Waals surface area contributed by atoms with Crippen molar-refractivity contribution in [3.8, 4) is 5.75 Å². The predicted octanol–water partition coefficient (Wildman–Crippen LogP) is 1.38. The van der Waals surface area contributed by atoms with Crippen molar-refractivity contribution in [3.05, 3.63) is 24.3 Å². The van der Waals surface area contributed by atoms with E-state index in [1.807, 2.05) is 13.8 Å². The van der Waals surface area contributed by atoms with Gasteiger partial charge in [0.1, 0.15) is 5.75 Å². The summed E-state index contributed by atoms with van der Waals surface area (Å²) < 4.78 is 5.12. The quantitative estimate of drug-likeness (QED) is 0.706. The summed E-state index contributed by atoms with van der Waals surface area (Å²) in [4.78, 5) is 24.2. The Balaban J connectivity index is 2.81. The number of amides is 2. The molecule has 3 N–H and O–H groups in total. The molecule has 0 aliphatic heterocycles. The Kier molecular flexibility index (Phi) is 6.48. The number of urea groups is 1. The van der Waals surface area contributed by atoms with Gasteiger partial charge in [-0.15, -0.1) is 0 Å². The number of benzene rings is 1. The Bertz CT molecular complexity index is 490. The summed E-state index contributed by atoms with van der Waals surface area (Å²) in [5, 5.41) is 20.3. The van der Waals surface area contributed by atoms with Gasteiger partial charge >= 0.3 is 12.0 Å². The zero-order valence-corrected chi connectivity index (χ0v) is 12.1. The van der Waals surface area contributed by atoms with E-state index >= 15 is 0 Å². The second kappa shape index (κ2) is 8.11. The number of carbonyl (C=O) groups excluding carboxylic acids is 1. The Morgan fingerprint density at radius 2 is 2.00 bits per heavy atom. The average molecular weight is 296 g/mol. The number of aliphatic carboxylic acids is 1. The third kappa shape index (κ3) is 5.31. The number of ether oxygens (including phenoxy) is 1. The molecule has 2 amide bonds. The highest BCUT2D eigenvalue weighted by Crippen LogP contribution is 2.24. The van der Waals surface area contributed by atoms with Crippen molar-refractivity contribution in [2.75, 3.05) is 25.1 Å². The summed E-state index contributed by atoms with van der Waals surface area (Å²) in [6.45, 7) is 3.26. The van der Waals surface area contributed by atoms with E-state index in [0.29, 0.717) is 5.69 Å². The lowest BCUT2D eigenvalue weighted by molar-refractivity contribution is -0.139. The molecule has 1 aromatic rings. The van der Waals surface area contributed by atoms with E-state index in [1.54, 1.807) is 24.3 Å². The smallest absolute Gasteiger partial charge is 0.341 e. The van der Waals surface area contributed by atoms with Gasteiger partial charge < -0.3 is 25.2 Å². The molecule has 7 heteroatoms. The summed E-state index contributed by atoms with van der Waals surface area (Å²) >= 11 is 0. The van der Waals surface area contributed by atoms with Gasteiger partial charge in [-0.25, -0.2) is 9.59 Å². The molecule has 21 heavy (non-hydrogen) atoms. The third-order valence-corrected chi connectivity index (χ3v) is 2.70. The number of rotatable bonds is 7. The first-order valence-electron chi connectivity index (χ1n) is 6.57. The van der Waals surface area contributed by atoms with Crippen molar-refractivity contribution in [1.82, 2.24) is 4.90 Å². The number of para-hydroxylation sites is 2. The molecule has 0 aliphatic carbocycles. The zero-order valence-electron chi connectivity index (χ0n) is 12.1. The Morgan fingerprint density at radius 3 is 2.57 bits per heavy atom. The molecule has 1 aromatic carbocycles. The third-order valence-electron chi connectivity index (χ3n) is 2.70. The van der Waals surface area contributed by atoms with Crippen molar-refractivity contribution < 1.29 is 24.5 Å². The van der Waals surface area contributed by atoms with E-state index in [4.69, 9.17) is 14.9 Å². The van der Waals surface area contributed by atoms with Crippen LogP contribution in [0.1, 0.15) is 13.8 Å². The lowest BCUT2D eigenvalue weighted by Crippen LogP contribution is -2.41. The maximum absolute atomic E-state index is 12.2. The van der Waals surface area contributed by atoms with Gasteiger partial charge in [-0.3, -0.25) is 0 Å². The average Bonchev–Trinajstić information content (AvgIpc) is 2.43. The first-order valence-corrected chi connectivity index (χ1v) is 6.57. The minimum atomic E-state index is -1.10. The van der Waals surface area contributed by atoms with Crippen LogP contribution in [0.2, 0.25) is 0 Å². The molecular weight excluding hydrogens is 276 g/mol. The van der Waals surface area contributed by atoms with Gasteiger partial charge in [0.25, 0.3) is 0 Å². The molecule has 0 fully saturated rings. The van der Waals surface area contributed by atoms with Gasteiger partial charge in [0.2, 0.25) is 0 Å². The van der Waals surface area contributed by atoms with Gasteiger partial charge in [0, 0.05) is 12.6 Å². The summed E-state index contributed by atoms with van der Waals surface area (Å²) in [6.07, 6.45) is 0. The van der Waals surface area contributed by atoms with Gasteiger partial charge in [0.15, 0.2) is 6.61 Å². The molecule has 0 heterocycles. The summed E-state index contributed by atoms with van der Waals surface area (Å²) in [5.41, 5.74) is 0.382. The van der Waals surface area contributed by atoms with Crippen molar-refractivity contribution in [2.24, 2.45) is 0 Å². The minimum Gasteiger partial charge on any atom is -0.480 e. The fourth-order valence-electron chi connectivity index (χ4n) is 1.72. The highest BCUT2D eigenvalue weighted by molar-refractivity contribution is 5.91. The van der Waals surface area contributed by atoms with E-state index in [0.717, 1.165) is 0 Å². The molecule has 0 radical (unpaired) electrons. The van der Waals surface area contributed by atoms with Crippen LogP contribution in [0.5, 0.6) is 5.75 Å². The second-order valence-electron chi connectivity index (χ2n) is 4.62. The number of anilines is 1. The summed E-state index contributed by atoms with van der Waals surface area (Å²) in [5.74, 6) is -0.818. The van der Waals surface area contributed by atoms with Crippen LogP contribution in [-0.2, 0) is 4.79 Å². The number of aliphatic hydroxyl groups excluding tert-OH is 1. The molecule has 1 rings (SSSR count). The molecule has 0 atom stereocenters. The van der Waals surface area contributed by atoms with Crippen molar-refractivity contribution in [1.29, 1.82) is 0 Å². The number of hydrogen-bond acceptors (Lipinski definition) is 4. The predicted molar refractivity (Wildman–Crippen MR) is 77.5 cm³/mol. The fourth-order valence-corrected chi connectivity index (χ4v) is 1.72. The van der Waals surface area contributed by atoms with Crippen molar-refractivity contribution >= 4 is 17.7 Å². The van der Waals surface area contributed by atoms with E-state index in [2.05, 4.69) is 5.32 Å².